The maximum atomic E-state index is 12.9. The Kier molecular flexibility index (Phi) is 7.90. The highest BCUT2D eigenvalue weighted by Gasteiger charge is 2.27. The summed E-state index contributed by atoms with van der Waals surface area (Å²) in [5.74, 6) is -0.0240. The molecule has 0 aliphatic carbocycles. The zero-order valence-electron chi connectivity index (χ0n) is 14.5. The molecular formula is C18H24Cl2N4O2. The second kappa shape index (κ2) is 9.92. The Bertz CT molecular complexity index is 715. The van der Waals surface area contributed by atoms with E-state index in [2.05, 4.69) is 10.2 Å². The lowest BCUT2D eigenvalue weighted by atomic mass is 10.0. The summed E-state index contributed by atoms with van der Waals surface area (Å²) in [5, 5.41) is 7.55. The number of piperidine rings is 1. The summed E-state index contributed by atoms with van der Waals surface area (Å²) in [5.41, 5.74) is 7.48. The highest BCUT2D eigenvalue weighted by atomic mass is 35.5. The number of rotatable bonds is 6. The lowest BCUT2D eigenvalue weighted by Crippen LogP contribution is -2.41. The molecule has 1 aromatic heterocycles. The molecule has 0 atom stereocenters. The molecule has 8 heteroatoms. The summed E-state index contributed by atoms with van der Waals surface area (Å²) in [6.07, 6.45) is 4.34. The zero-order valence-corrected chi connectivity index (χ0v) is 16.1. The molecule has 1 saturated heterocycles. The first-order valence-corrected chi connectivity index (χ1v) is 8.97. The number of halogens is 2. The van der Waals surface area contributed by atoms with E-state index in [0.29, 0.717) is 42.5 Å². The van der Waals surface area contributed by atoms with Gasteiger partial charge in [0, 0.05) is 30.3 Å². The number of nitrogens with one attached hydrogen (secondary N) is 1. The predicted molar refractivity (Wildman–Crippen MR) is 105 cm³/mol. The summed E-state index contributed by atoms with van der Waals surface area (Å²) in [7, 11) is 0. The molecule has 2 aromatic rings. The van der Waals surface area contributed by atoms with Crippen LogP contribution in [0.4, 0.5) is 0 Å². The number of aromatic nitrogens is 2. The number of aromatic amines is 1. The van der Waals surface area contributed by atoms with Crippen LogP contribution in [0.25, 0.3) is 11.3 Å². The Morgan fingerprint density at radius 2 is 2.08 bits per heavy atom. The van der Waals surface area contributed by atoms with Crippen LogP contribution in [-0.4, -0.2) is 53.3 Å². The van der Waals surface area contributed by atoms with Crippen molar-refractivity contribution < 1.29 is 9.53 Å². The number of ether oxygens (including phenoxy) is 1. The van der Waals surface area contributed by atoms with Gasteiger partial charge in [-0.05, 0) is 31.9 Å². The van der Waals surface area contributed by atoms with Crippen molar-refractivity contribution in [2.75, 3.05) is 26.2 Å². The maximum Gasteiger partial charge on any atom is 0.257 e. The van der Waals surface area contributed by atoms with Crippen LogP contribution in [0.5, 0.6) is 0 Å². The number of hydrogen-bond acceptors (Lipinski definition) is 4. The highest BCUT2D eigenvalue weighted by Crippen LogP contribution is 2.29. The van der Waals surface area contributed by atoms with Gasteiger partial charge in [0.1, 0.15) is 0 Å². The zero-order chi connectivity index (χ0) is 17.6. The summed E-state index contributed by atoms with van der Waals surface area (Å²) in [6.45, 7) is 2.69. The molecule has 26 heavy (non-hydrogen) atoms. The minimum atomic E-state index is -0.0240. The van der Waals surface area contributed by atoms with Crippen molar-refractivity contribution in [3.8, 4) is 11.3 Å². The standard InChI is InChI=1S/C18H23ClN4O2.ClH/c19-16-5-2-1-4-14(16)17-15(12-21-22-17)18(24)23-9-6-13(7-10-23)25-11-3-8-20;/h1-2,4-5,12-13H,3,6-11,20H2,(H,21,22);1H. The van der Waals surface area contributed by atoms with Gasteiger partial charge in [0.2, 0.25) is 0 Å². The molecule has 1 aliphatic heterocycles. The molecule has 1 fully saturated rings. The first kappa shape index (κ1) is 20.7. The van der Waals surface area contributed by atoms with Crippen molar-refractivity contribution in [1.82, 2.24) is 15.1 Å². The fraction of sp³-hybridized carbons (Fsp3) is 0.444. The molecule has 6 nitrogen and oxygen atoms in total. The minimum Gasteiger partial charge on any atom is -0.378 e. The molecule has 0 unspecified atom stereocenters. The third-order valence-corrected chi connectivity index (χ3v) is 4.77. The van der Waals surface area contributed by atoms with Crippen molar-refractivity contribution in [3.05, 3.63) is 41.0 Å². The van der Waals surface area contributed by atoms with Crippen LogP contribution in [0.1, 0.15) is 29.6 Å². The van der Waals surface area contributed by atoms with E-state index >= 15 is 0 Å². The number of nitrogens with zero attached hydrogens (tertiary/aromatic N) is 2. The quantitative estimate of drug-likeness (QED) is 0.731. The van der Waals surface area contributed by atoms with E-state index in [4.69, 9.17) is 22.1 Å². The van der Waals surface area contributed by atoms with E-state index in [9.17, 15) is 4.79 Å². The first-order valence-electron chi connectivity index (χ1n) is 8.60. The number of hydrogen-bond donors (Lipinski definition) is 2. The molecule has 0 radical (unpaired) electrons. The number of carbonyl (C=O) groups is 1. The fourth-order valence-electron chi connectivity index (χ4n) is 3.05. The Hall–Kier alpha value is -1.60. The van der Waals surface area contributed by atoms with Gasteiger partial charge in [0.25, 0.3) is 5.91 Å². The largest absolute Gasteiger partial charge is 0.378 e. The van der Waals surface area contributed by atoms with Crippen LogP contribution in [0, 0.1) is 0 Å². The third-order valence-electron chi connectivity index (χ3n) is 4.44. The number of amides is 1. The number of benzene rings is 1. The SMILES string of the molecule is Cl.NCCCOC1CCN(C(=O)c2cn[nH]c2-c2ccccc2Cl)CC1. The summed E-state index contributed by atoms with van der Waals surface area (Å²) in [4.78, 5) is 14.8. The summed E-state index contributed by atoms with van der Waals surface area (Å²) in [6, 6.07) is 7.43. The van der Waals surface area contributed by atoms with Crippen LogP contribution in [0.3, 0.4) is 0 Å². The van der Waals surface area contributed by atoms with Gasteiger partial charge in [-0.15, -0.1) is 12.4 Å². The molecule has 142 valence electrons. The van der Waals surface area contributed by atoms with Crippen LogP contribution in [0.2, 0.25) is 5.02 Å². The third kappa shape index (κ3) is 4.76. The average Bonchev–Trinajstić information content (AvgIpc) is 3.12. The minimum absolute atomic E-state index is 0. The summed E-state index contributed by atoms with van der Waals surface area (Å²) >= 11 is 6.26. The van der Waals surface area contributed by atoms with E-state index in [-0.39, 0.29) is 24.4 Å². The van der Waals surface area contributed by atoms with Crippen molar-refractivity contribution in [2.45, 2.75) is 25.4 Å². The van der Waals surface area contributed by atoms with Crippen molar-refractivity contribution in [3.63, 3.8) is 0 Å². The Balaban J connectivity index is 0.00000243. The molecule has 1 amide bonds. The van der Waals surface area contributed by atoms with Crippen LogP contribution in [0.15, 0.2) is 30.5 Å². The smallest absolute Gasteiger partial charge is 0.257 e. The maximum absolute atomic E-state index is 12.9. The highest BCUT2D eigenvalue weighted by molar-refractivity contribution is 6.33. The number of likely N-dealkylation sites (tertiary alicyclic amines) is 1. The van der Waals surface area contributed by atoms with E-state index in [1.165, 1.54) is 0 Å². The van der Waals surface area contributed by atoms with E-state index in [1.54, 1.807) is 12.3 Å². The van der Waals surface area contributed by atoms with Crippen molar-refractivity contribution in [2.24, 2.45) is 5.73 Å². The van der Waals surface area contributed by atoms with Crippen molar-refractivity contribution >= 4 is 29.9 Å². The number of nitrogens with two attached hydrogens (primary N) is 1. The van der Waals surface area contributed by atoms with Gasteiger partial charge in [0.05, 0.1) is 23.6 Å². The van der Waals surface area contributed by atoms with Crippen LogP contribution >= 0.6 is 24.0 Å². The van der Waals surface area contributed by atoms with Crippen LogP contribution in [-0.2, 0) is 4.74 Å². The van der Waals surface area contributed by atoms with E-state index in [1.807, 2.05) is 23.1 Å². The van der Waals surface area contributed by atoms with Gasteiger partial charge in [-0.25, -0.2) is 0 Å². The fourth-order valence-corrected chi connectivity index (χ4v) is 3.28. The Labute approximate surface area is 164 Å². The van der Waals surface area contributed by atoms with Gasteiger partial charge in [-0.2, -0.15) is 5.10 Å². The van der Waals surface area contributed by atoms with Gasteiger partial charge < -0.3 is 15.4 Å². The molecule has 1 aliphatic rings. The molecule has 3 rings (SSSR count). The molecule has 0 saturated carbocycles. The molecule has 1 aromatic carbocycles. The topological polar surface area (TPSA) is 84.2 Å². The second-order valence-corrected chi connectivity index (χ2v) is 6.55. The second-order valence-electron chi connectivity index (χ2n) is 6.14. The molecule has 3 N–H and O–H groups in total. The van der Waals surface area contributed by atoms with Gasteiger partial charge in [-0.3, -0.25) is 9.89 Å². The first-order chi connectivity index (χ1) is 12.2. The monoisotopic (exact) mass is 398 g/mol. The Morgan fingerprint density at radius 3 is 2.77 bits per heavy atom. The normalized spacial score (nSPS) is 14.9. The average molecular weight is 399 g/mol. The van der Waals surface area contributed by atoms with E-state index in [0.717, 1.165) is 24.8 Å². The van der Waals surface area contributed by atoms with E-state index < -0.39 is 0 Å². The number of H-pyrrole nitrogens is 1. The van der Waals surface area contributed by atoms with Gasteiger partial charge >= 0.3 is 0 Å². The molecule has 0 bridgehead atoms. The molecular weight excluding hydrogens is 375 g/mol. The molecule has 0 spiro atoms. The van der Waals surface area contributed by atoms with Gasteiger partial charge in [-0.1, -0.05) is 29.8 Å². The lowest BCUT2D eigenvalue weighted by molar-refractivity contribution is 0.00847. The lowest BCUT2D eigenvalue weighted by Gasteiger charge is -2.32. The molecule has 2 heterocycles. The van der Waals surface area contributed by atoms with Gasteiger partial charge in [0.15, 0.2) is 0 Å². The van der Waals surface area contributed by atoms with Crippen LogP contribution < -0.4 is 5.73 Å². The number of carbonyl (C=O) groups excluding carboxylic acids is 1. The Morgan fingerprint density at radius 1 is 1.35 bits per heavy atom. The van der Waals surface area contributed by atoms with Crippen molar-refractivity contribution in [1.29, 1.82) is 0 Å². The summed E-state index contributed by atoms with van der Waals surface area (Å²) < 4.78 is 5.80. The predicted octanol–water partition coefficient (Wildman–Crippen LogP) is 3.12.